The van der Waals surface area contributed by atoms with Gasteiger partial charge < -0.3 is 19.5 Å². The van der Waals surface area contributed by atoms with Crippen LogP contribution in [0.5, 0.6) is 17.2 Å². The lowest BCUT2D eigenvalue weighted by atomic mass is 9.93. The Morgan fingerprint density at radius 3 is 2.24 bits per heavy atom. The lowest BCUT2D eigenvalue weighted by molar-refractivity contribution is 0.184. The third kappa shape index (κ3) is 4.26. The molecule has 2 amide bonds. The second-order valence-corrected chi connectivity index (χ2v) is 7.92. The number of ether oxygens (including phenoxy) is 3. The first kappa shape index (κ1) is 23.1. The van der Waals surface area contributed by atoms with E-state index in [9.17, 15) is 4.79 Å². The molecule has 1 atom stereocenters. The zero-order chi connectivity index (χ0) is 24.2. The van der Waals surface area contributed by atoms with Crippen LogP contribution in [0.1, 0.15) is 23.6 Å². The molecule has 0 radical (unpaired) electrons. The van der Waals surface area contributed by atoms with Crippen LogP contribution >= 0.6 is 0 Å². The average Bonchev–Trinajstić information content (AvgIpc) is 3.02. The van der Waals surface area contributed by atoms with E-state index >= 15 is 0 Å². The van der Waals surface area contributed by atoms with Crippen LogP contribution in [0.15, 0.2) is 60.0 Å². The molecule has 1 unspecified atom stereocenters. The van der Waals surface area contributed by atoms with Gasteiger partial charge in [-0.2, -0.15) is 5.10 Å². The van der Waals surface area contributed by atoms with Crippen molar-refractivity contribution in [2.24, 2.45) is 5.10 Å². The summed E-state index contributed by atoms with van der Waals surface area (Å²) in [7, 11) is 6.46. The summed E-state index contributed by atoms with van der Waals surface area (Å²) in [5.74, 6) is 1.99. The van der Waals surface area contributed by atoms with Gasteiger partial charge in [0.15, 0.2) is 11.5 Å². The predicted molar refractivity (Wildman–Crippen MR) is 131 cm³/mol. The summed E-state index contributed by atoms with van der Waals surface area (Å²) in [6, 6.07) is 13.2. The van der Waals surface area contributed by atoms with Crippen molar-refractivity contribution in [3.8, 4) is 28.4 Å². The number of fused-ring (bicyclic) bond motifs is 1. The Morgan fingerprint density at radius 2 is 1.59 bits per heavy atom. The van der Waals surface area contributed by atoms with Gasteiger partial charge >= 0.3 is 6.03 Å². The Balaban J connectivity index is 1.86. The number of carbonyl (C=O) groups excluding carboxylic acids is 1. The molecule has 0 saturated carbocycles. The zero-order valence-electron chi connectivity index (χ0n) is 20.0. The number of hydrazone groups is 1. The Labute approximate surface area is 199 Å². The van der Waals surface area contributed by atoms with Crippen LogP contribution in [0.3, 0.4) is 0 Å². The third-order valence-electron chi connectivity index (χ3n) is 5.90. The van der Waals surface area contributed by atoms with Gasteiger partial charge in [-0.25, -0.2) is 9.80 Å². The Hall–Kier alpha value is -4.07. The summed E-state index contributed by atoms with van der Waals surface area (Å²) in [6.07, 6.45) is 4.09. The van der Waals surface area contributed by atoms with Crippen LogP contribution in [0, 0.1) is 0 Å². The molecule has 8 nitrogen and oxygen atoms in total. The van der Waals surface area contributed by atoms with Gasteiger partial charge in [0.05, 0.1) is 33.1 Å². The van der Waals surface area contributed by atoms with Crippen LogP contribution in [0.4, 0.5) is 4.79 Å². The quantitative estimate of drug-likeness (QED) is 0.619. The predicted octanol–water partition coefficient (Wildman–Crippen LogP) is 4.11. The van der Waals surface area contributed by atoms with E-state index in [0.717, 1.165) is 33.6 Å². The molecule has 0 bridgehead atoms. The van der Waals surface area contributed by atoms with Crippen LogP contribution in [0.25, 0.3) is 11.1 Å². The summed E-state index contributed by atoms with van der Waals surface area (Å²) in [4.78, 5) is 16.9. The number of methoxy groups -OCH3 is 3. The van der Waals surface area contributed by atoms with E-state index < -0.39 is 0 Å². The standard InChI is InChI=1S/C26H28N4O4/c1-16-12-19-13-23(33-4)24(34-5)14-20(19)25(29-30(16)26(31)27-2)18-8-6-17(7-9-18)21-15-28-11-10-22(21)32-3/h6-11,13-16H,12H2,1-5H3,(H,27,31). The first-order chi connectivity index (χ1) is 16.5. The highest BCUT2D eigenvalue weighted by atomic mass is 16.5. The van der Waals surface area contributed by atoms with Gasteiger partial charge in [-0.1, -0.05) is 24.3 Å². The van der Waals surface area contributed by atoms with Crippen LogP contribution < -0.4 is 19.5 Å². The number of benzene rings is 2. The molecule has 1 aliphatic rings. The highest BCUT2D eigenvalue weighted by molar-refractivity contribution is 6.14. The van der Waals surface area contributed by atoms with E-state index in [2.05, 4.69) is 10.3 Å². The lowest BCUT2D eigenvalue weighted by Gasteiger charge is -2.22. The molecule has 2 aromatic carbocycles. The van der Waals surface area contributed by atoms with Crippen molar-refractivity contribution in [2.75, 3.05) is 28.4 Å². The van der Waals surface area contributed by atoms with Gasteiger partial charge in [0, 0.05) is 36.1 Å². The van der Waals surface area contributed by atoms with Crippen LogP contribution in [-0.4, -0.2) is 56.2 Å². The minimum atomic E-state index is -0.270. The average molecular weight is 461 g/mol. The maximum Gasteiger partial charge on any atom is 0.337 e. The van der Waals surface area contributed by atoms with Crippen LogP contribution in [0.2, 0.25) is 0 Å². The Bertz CT molecular complexity index is 1220. The normalized spacial score (nSPS) is 15.0. The number of hydrogen-bond donors (Lipinski definition) is 1. The van der Waals surface area contributed by atoms with Crippen molar-refractivity contribution in [1.82, 2.24) is 15.3 Å². The van der Waals surface area contributed by atoms with E-state index in [1.807, 2.05) is 49.4 Å². The highest BCUT2D eigenvalue weighted by Gasteiger charge is 2.28. The lowest BCUT2D eigenvalue weighted by Crippen LogP contribution is -2.41. The minimum absolute atomic E-state index is 0.159. The number of hydrogen-bond acceptors (Lipinski definition) is 6. The maximum absolute atomic E-state index is 12.7. The van der Waals surface area contributed by atoms with Gasteiger partial charge in [0.25, 0.3) is 0 Å². The second-order valence-electron chi connectivity index (χ2n) is 7.92. The molecule has 0 aliphatic carbocycles. The molecule has 2 heterocycles. The molecule has 0 saturated heterocycles. The maximum atomic E-state index is 12.7. The molecular weight excluding hydrogens is 432 g/mol. The topological polar surface area (TPSA) is 85.3 Å². The fourth-order valence-electron chi connectivity index (χ4n) is 4.13. The second kappa shape index (κ2) is 9.82. The minimum Gasteiger partial charge on any atom is -0.496 e. The van der Waals surface area contributed by atoms with Gasteiger partial charge in [-0.05, 0) is 42.7 Å². The summed E-state index contributed by atoms with van der Waals surface area (Å²) < 4.78 is 16.6. The van der Waals surface area contributed by atoms with Crippen molar-refractivity contribution >= 4 is 11.7 Å². The molecular formula is C26H28N4O4. The van der Waals surface area contributed by atoms with Crippen molar-refractivity contribution in [2.45, 2.75) is 19.4 Å². The van der Waals surface area contributed by atoms with Crippen LogP contribution in [-0.2, 0) is 6.42 Å². The number of aromatic nitrogens is 1. The molecule has 176 valence electrons. The van der Waals surface area contributed by atoms with Crippen molar-refractivity contribution < 1.29 is 19.0 Å². The molecule has 0 spiro atoms. The monoisotopic (exact) mass is 460 g/mol. The smallest absolute Gasteiger partial charge is 0.337 e. The molecule has 1 aliphatic heterocycles. The largest absolute Gasteiger partial charge is 0.496 e. The fraction of sp³-hybridized carbons (Fsp3) is 0.269. The van der Waals surface area contributed by atoms with Gasteiger partial charge in [0.1, 0.15) is 5.75 Å². The SMILES string of the molecule is CNC(=O)N1N=C(c2ccc(-c3cnccc3OC)cc2)c2cc(OC)c(OC)cc2CC1C. The molecule has 4 rings (SSSR count). The number of carbonyl (C=O) groups is 1. The number of amides is 2. The Morgan fingerprint density at radius 1 is 0.941 bits per heavy atom. The molecule has 3 aromatic rings. The molecule has 34 heavy (non-hydrogen) atoms. The van der Waals surface area contributed by atoms with Crippen molar-refractivity contribution in [3.63, 3.8) is 0 Å². The highest BCUT2D eigenvalue weighted by Crippen LogP contribution is 2.35. The third-order valence-corrected chi connectivity index (χ3v) is 5.90. The molecule has 1 N–H and O–H groups in total. The van der Waals surface area contributed by atoms with E-state index in [-0.39, 0.29) is 12.1 Å². The number of nitrogens with one attached hydrogen (secondary N) is 1. The number of pyridine rings is 1. The van der Waals surface area contributed by atoms with Crippen molar-refractivity contribution in [1.29, 1.82) is 0 Å². The number of urea groups is 1. The summed E-state index contributed by atoms with van der Waals surface area (Å²) >= 11 is 0. The van der Waals surface area contributed by atoms with Crippen molar-refractivity contribution in [3.05, 3.63) is 71.5 Å². The van der Waals surface area contributed by atoms with Gasteiger partial charge in [-0.15, -0.1) is 0 Å². The first-order valence-corrected chi connectivity index (χ1v) is 10.9. The molecule has 8 heteroatoms. The number of nitrogens with zero attached hydrogens (tertiary/aromatic N) is 3. The molecule has 0 fully saturated rings. The zero-order valence-corrected chi connectivity index (χ0v) is 20.0. The first-order valence-electron chi connectivity index (χ1n) is 10.9. The van der Waals surface area contributed by atoms with Gasteiger partial charge in [0.2, 0.25) is 0 Å². The van der Waals surface area contributed by atoms with E-state index in [1.54, 1.807) is 40.8 Å². The summed E-state index contributed by atoms with van der Waals surface area (Å²) in [5.41, 5.74) is 5.31. The van der Waals surface area contributed by atoms with E-state index in [0.29, 0.717) is 23.6 Å². The Kier molecular flexibility index (Phi) is 6.67. The molecule has 1 aromatic heterocycles. The van der Waals surface area contributed by atoms with Gasteiger partial charge in [-0.3, -0.25) is 4.98 Å². The van der Waals surface area contributed by atoms with E-state index in [1.165, 1.54) is 5.01 Å². The summed E-state index contributed by atoms with van der Waals surface area (Å²) in [5, 5.41) is 8.99. The fourth-order valence-corrected chi connectivity index (χ4v) is 4.13. The van der Waals surface area contributed by atoms with E-state index in [4.69, 9.17) is 19.3 Å². The summed E-state index contributed by atoms with van der Waals surface area (Å²) in [6.45, 7) is 1.97. The number of rotatable bonds is 5.